The van der Waals surface area contributed by atoms with Crippen LogP contribution in [0.2, 0.25) is 0 Å². The number of ether oxygens (including phenoxy) is 1. The molecule has 0 saturated carbocycles. The van der Waals surface area contributed by atoms with E-state index in [4.69, 9.17) is 9.84 Å². The zero-order valence-electron chi connectivity index (χ0n) is 13.2. The van der Waals surface area contributed by atoms with Gasteiger partial charge in [-0.05, 0) is 25.3 Å². The van der Waals surface area contributed by atoms with Crippen molar-refractivity contribution in [1.82, 2.24) is 0 Å². The number of carboxylic acid groups (broad SMARTS) is 1. The third-order valence-electron chi connectivity index (χ3n) is 3.22. The van der Waals surface area contributed by atoms with Crippen LogP contribution in [0.15, 0.2) is 0 Å². The van der Waals surface area contributed by atoms with Gasteiger partial charge in [0.1, 0.15) is 5.00 Å². The van der Waals surface area contributed by atoms with E-state index >= 15 is 0 Å². The summed E-state index contributed by atoms with van der Waals surface area (Å²) < 4.78 is 4.88. The summed E-state index contributed by atoms with van der Waals surface area (Å²) in [6.45, 7) is 9.08. The van der Waals surface area contributed by atoms with E-state index in [-0.39, 0.29) is 12.4 Å². The molecule has 1 aromatic heterocycles. The van der Waals surface area contributed by atoms with Crippen LogP contribution >= 0.6 is 11.3 Å². The van der Waals surface area contributed by atoms with E-state index < -0.39 is 5.97 Å². The molecule has 21 heavy (non-hydrogen) atoms. The van der Waals surface area contributed by atoms with Crippen molar-refractivity contribution in [3.8, 4) is 0 Å². The molecular formula is C15H23NO4S. The monoisotopic (exact) mass is 313 g/mol. The van der Waals surface area contributed by atoms with Crippen LogP contribution in [-0.4, -0.2) is 37.2 Å². The third kappa shape index (κ3) is 4.46. The Morgan fingerprint density at radius 2 is 1.95 bits per heavy atom. The first-order valence-electron chi connectivity index (χ1n) is 6.93. The number of aryl methyl sites for hydroxylation is 1. The maximum atomic E-state index is 12.0. The number of hydrogen-bond donors (Lipinski definition) is 1. The number of carboxylic acids is 1. The maximum Gasteiger partial charge on any atom is 0.341 e. The second-order valence-electron chi connectivity index (χ2n) is 5.44. The van der Waals surface area contributed by atoms with Gasteiger partial charge in [0.2, 0.25) is 0 Å². The Kier molecular flexibility index (Phi) is 6.20. The van der Waals surface area contributed by atoms with Gasteiger partial charge in [-0.1, -0.05) is 13.8 Å². The van der Waals surface area contributed by atoms with Crippen molar-refractivity contribution in [3.05, 3.63) is 16.0 Å². The topological polar surface area (TPSA) is 66.8 Å². The average Bonchev–Trinajstić information content (AvgIpc) is 2.69. The number of aliphatic carboxylic acids is 1. The highest BCUT2D eigenvalue weighted by atomic mass is 32.1. The fraction of sp³-hybridized carbons (Fsp3) is 0.600. The standard InChI is InChI=1S/C15H23NO4S/c1-9(2)8-16(7-6-12(17)18)14-13(15(19)20-5)10(3)11(4)21-14/h9H,6-8H2,1-5H3,(H,17,18). The molecular weight excluding hydrogens is 290 g/mol. The molecule has 0 aliphatic carbocycles. The van der Waals surface area contributed by atoms with Crippen molar-refractivity contribution in [3.63, 3.8) is 0 Å². The Morgan fingerprint density at radius 1 is 1.33 bits per heavy atom. The van der Waals surface area contributed by atoms with Crippen LogP contribution in [0, 0.1) is 19.8 Å². The largest absolute Gasteiger partial charge is 0.481 e. The fourth-order valence-electron chi connectivity index (χ4n) is 2.12. The summed E-state index contributed by atoms with van der Waals surface area (Å²) in [4.78, 5) is 25.9. The number of esters is 1. The Bertz CT molecular complexity index is 522. The van der Waals surface area contributed by atoms with Gasteiger partial charge in [0.15, 0.2) is 0 Å². The van der Waals surface area contributed by atoms with Crippen LogP contribution in [0.3, 0.4) is 0 Å². The number of methoxy groups -OCH3 is 1. The van der Waals surface area contributed by atoms with Gasteiger partial charge in [-0.3, -0.25) is 4.79 Å². The van der Waals surface area contributed by atoms with Crippen molar-refractivity contribution >= 4 is 28.3 Å². The molecule has 0 aliphatic rings. The summed E-state index contributed by atoms with van der Waals surface area (Å²) >= 11 is 1.52. The molecule has 0 amide bonds. The minimum absolute atomic E-state index is 0.0450. The lowest BCUT2D eigenvalue weighted by molar-refractivity contribution is -0.136. The van der Waals surface area contributed by atoms with Gasteiger partial charge in [-0.2, -0.15) is 0 Å². The lowest BCUT2D eigenvalue weighted by Gasteiger charge is -2.25. The zero-order chi connectivity index (χ0) is 16.2. The van der Waals surface area contributed by atoms with Crippen molar-refractivity contribution < 1.29 is 19.4 Å². The lowest BCUT2D eigenvalue weighted by atomic mass is 10.1. The van der Waals surface area contributed by atoms with Gasteiger partial charge < -0.3 is 14.7 Å². The summed E-state index contributed by atoms with van der Waals surface area (Å²) in [5.41, 5.74) is 1.47. The zero-order valence-corrected chi connectivity index (χ0v) is 14.0. The number of carbonyl (C=O) groups excluding carboxylic acids is 1. The first-order valence-corrected chi connectivity index (χ1v) is 7.74. The Morgan fingerprint density at radius 3 is 2.43 bits per heavy atom. The number of rotatable bonds is 7. The molecule has 0 radical (unpaired) electrons. The van der Waals surface area contributed by atoms with Crippen LogP contribution in [0.4, 0.5) is 5.00 Å². The first kappa shape index (κ1) is 17.5. The second kappa shape index (κ2) is 7.45. The number of carbonyl (C=O) groups is 2. The highest BCUT2D eigenvalue weighted by molar-refractivity contribution is 7.16. The minimum Gasteiger partial charge on any atom is -0.481 e. The van der Waals surface area contributed by atoms with Gasteiger partial charge in [0.25, 0.3) is 0 Å². The second-order valence-corrected chi connectivity index (χ2v) is 6.64. The normalized spacial score (nSPS) is 10.8. The molecule has 5 nitrogen and oxygen atoms in total. The molecule has 118 valence electrons. The van der Waals surface area contributed by atoms with Crippen LogP contribution in [0.1, 0.15) is 41.1 Å². The highest BCUT2D eigenvalue weighted by Gasteiger charge is 2.24. The van der Waals surface area contributed by atoms with Gasteiger partial charge in [-0.25, -0.2) is 4.79 Å². The Hall–Kier alpha value is -1.56. The van der Waals surface area contributed by atoms with E-state index in [0.717, 1.165) is 15.4 Å². The third-order valence-corrected chi connectivity index (χ3v) is 4.49. The van der Waals surface area contributed by atoms with Crippen molar-refractivity contribution in [2.75, 3.05) is 25.1 Å². The summed E-state index contributed by atoms with van der Waals surface area (Å²) in [5, 5.41) is 9.72. The summed E-state index contributed by atoms with van der Waals surface area (Å²) in [5.74, 6) is -0.837. The molecule has 1 rings (SSSR count). The predicted molar refractivity (Wildman–Crippen MR) is 84.4 cm³/mol. The van der Waals surface area contributed by atoms with Crippen molar-refractivity contribution in [2.45, 2.75) is 34.1 Å². The molecule has 0 fully saturated rings. The van der Waals surface area contributed by atoms with Crippen molar-refractivity contribution in [2.24, 2.45) is 5.92 Å². The predicted octanol–water partition coefficient (Wildman–Crippen LogP) is 3.09. The van der Waals surface area contributed by atoms with Gasteiger partial charge in [0, 0.05) is 18.0 Å². The van der Waals surface area contributed by atoms with E-state index in [1.807, 2.05) is 18.7 Å². The van der Waals surface area contributed by atoms with Crippen molar-refractivity contribution in [1.29, 1.82) is 0 Å². The van der Waals surface area contributed by atoms with Crippen LogP contribution in [0.5, 0.6) is 0 Å². The van der Waals surface area contributed by atoms with E-state index in [1.54, 1.807) is 0 Å². The molecule has 0 bridgehead atoms. The molecule has 0 unspecified atom stereocenters. The number of nitrogens with zero attached hydrogens (tertiary/aromatic N) is 1. The molecule has 1 N–H and O–H groups in total. The van der Waals surface area contributed by atoms with E-state index in [1.165, 1.54) is 18.4 Å². The van der Waals surface area contributed by atoms with E-state index in [2.05, 4.69) is 13.8 Å². The van der Waals surface area contributed by atoms with Crippen LogP contribution < -0.4 is 4.90 Å². The summed E-state index contributed by atoms with van der Waals surface area (Å²) in [6, 6.07) is 0. The highest BCUT2D eigenvalue weighted by Crippen LogP contribution is 2.36. The molecule has 1 heterocycles. The fourth-order valence-corrected chi connectivity index (χ4v) is 3.30. The molecule has 1 aromatic rings. The SMILES string of the molecule is COC(=O)c1c(N(CCC(=O)O)CC(C)C)sc(C)c1C. The van der Waals surface area contributed by atoms with E-state index in [9.17, 15) is 9.59 Å². The molecule has 0 spiro atoms. The number of anilines is 1. The van der Waals surface area contributed by atoms with Crippen LogP contribution in [-0.2, 0) is 9.53 Å². The Labute approximate surface area is 129 Å². The minimum atomic E-state index is -0.839. The molecule has 0 aromatic carbocycles. The number of thiophene rings is 1. The van der Waals surface area contributed by atoms with Crippen LogP contribution in [0.25, 0.3) is 0 Å². The number of hydrogen-bond acceptors (Lipinski definition) is 5. The Balaban J connectivity index is 3.19. The molecule has 0 aliphatic heterocycles. The lowest BCUT2D eigenvalue weighted by Crippen LogP contribution is -2.30. The molecule has 0 saturated heterocycles. The molecule has 0 atom stereocenters. The average molecular weight is 313 g/mol. The van der Waals surface area contributed by atoms with Gasteiger partial charge in [0.05, 0.1) is 19.1 Å². The van der Waals surface area contributed by atoms with Gasteiger partial charge in [-0.15, -0.1) is 11.3 Å². The quantitative estimate of drug-likeness (QED) is 0.784. The summed E-state index contributed by atoms with van der Waals surface area (Å²) in [7, 11) is 1.36. The maximum absolute atomic E-state index is 12.0. The van der Waals surface area contributed by atoms with E-state index in [0.29, 0.717) is 24.6 Å². The summed E-state index contributed by atoms with van der Waals surface area (Å²) in [6.07, 6.45) is 0.0450. The van der Waals surface area contributed by atoms with Gasteiger partial charge >= 0.3 is 11.9 Å². The first-order chi connectivity index (χ1) is 9.77. The smallest absolute Gasteiger partial charge is 0.341 e. The molecule has 6 heteroatoms.